The number of ketones is 1. The molecular formula is C16H16BrNO. The molecule has 1 aliphatic carbocycles. The molecule has 98 valence electrons. The van der Waals surface area contributed by atoms with Gasteiger partial charge in [-0.25, -0.2) is 0 Å². The topological polar surface area (TPSA) is 22.0 Å². The van der Waals surface area contributed by atoms with Crippen LogP contribution in [0.2, 0.25) is 0 Å². The van der Waals surface area contributed by atoms with Crippen LogP contribution in [-0.4, -0.2) is 10.4 Å². The number of aromatic nitrogens is 1. The molecule has 1 heterocycles. The fourth-order valence-electron chi connectivity index (χ4n) is 2.90. The molecular weight excluding hydrogens is 302 g/mol. The zero-order valence-electron chi connectivity index (χ0n) is 11.2. The van der Waals surface area contributed by atoms with Crippen LogP contribution in [0.3, 0.4) is 0 Å². The van der Waals surface area contributed by atoms with E-state index in [0.717, 1.165) is 28.6 Å². The fourth-order valence-corrected chi connectivity index (χ4v) is 3.26. The van der Waals surface area contributed by atoms with E-state index in [4.69, 9.17) is 0 Å². The molecule has 3 heteroatoms. The number of hydrogen-bond donors (Lipinski definition) is 0. The Morgan fingerprint density at radius 3 is 2.79 bits per heavy atom. The second-order valence-electron chi connectivity index (χ2n) is 5.14. The first-order valence-electron chi connectivity index (χ1n) is 6.59. The summed E-state index contributed by atoms with van der Waals surface area (Å²) < 4.78 is 3.35. The van der Waals surface area contributed by atoms with Gasteiger partial charge in [0.25, 0.3) is 0 Å². The largest absolute Gasteiger partial charge is 0.317 e. The number of fused-ring (bicyclic) bond motifs is 1. The van der Waals surface area contributed by atoms with E-state index in [0.29, 0.717) is 6.42 Å². The minimum atomic E-state index is 0.288. The van der Waals surface area contributed by atoms with Crippen molar-refractivity contribution in [1.82, 2.24) is 4.57 Å². The van der Waals surface area contributed by atoms with Gasteiger partial charge in [0.2, 0.25) is 0 Å². The summed E-state index contributed by atoms with van der Waals surface area (Å²) >= 11 is 3.58. The molecule has 0 bridgehead atoms. The van der Waals surface area contributed by atoms with Gasteiger partial charge in [-0.2, -0.15) is 0 Å². The molecule has 0 amide bonds. The highest BCUT2D eigenvalue weighted by atomic mass is 79.9. The van der Waals surface area contributed by atoms with Crippen molar-refractivity contribution in [1.29, 1.82) is 0 Å². The maximum absolute atomic E-state index is 12.0. The van der Waals surface area contributed by atoms with Crippen LogP contribution in [0.5, 0.6) is 0 Å². The van der Waals surface area contributed by atoms with Crippen LogP contribution in [-0.2, 0) is 6.42 Å². The van der Waals surface area contributed by atoms with E-state index in [1.54, 1.807) is 0 Å². The monoisotopic (exact) mass is 317 g/mol. The molecule has 2 aromatic rings. The van der Waals surface area contributed by atoms with Crippen molar-refractivity contribution in [3.8, 4) is 5.69 Å². The molecule has 0 fully saturated rings. The number of benzene rings is 1. The highest BCUT2D eigenvalue weighted by Gasteiger charge is 2.23. The Hall–Kier alpha value is -1.35. The summed E-state index contributed by atoms with van der Waals surface area (Å²) in [6.07, 6.45) is 2.64. The summed E-state index contributed by atoms with van der Waals surface area (Å²) in [4.78, 5) is 12.0. The van der Waals surface area contributed by atoms with Gasteiger partial charge >= 0.3 is 0 Å². The second-order valence-corrected chi connectivity index (χ2v) is 6.00. The zero-order valence-corrected chi connectivity index (χ0v) is 12.8. The smallest absolute Gasteiger partial charge is 0.164 e. The molecule has 1 aliphatic rings. The molecule has 0 unspecified atom stereocenters. The SMILES string of the molecule is Cc1c(Br)cccc1-n1c(C)cc2c1CCCC2=O. The van der Waals surface area contributed by atoms with Gasteiger partial charge in [0.15, 0.2) is 5.78 Å². The number of carbonyl (C=O) groups is 1. The predicted molar refractivity (Wildman–Crippen MR) is 80.2 cm³/mol. The number of aryl methyl sites for hydroxylation is 1. The minimum absolute atomic E-state index is 0.288. The van der Waals surface area contributed by atoms with Crippen molar-refractivity contribution >= 4 is 21.7 Å². The molecule has 19 heavy (non-hydrogen) atoms. The number of rotatable bonds is 1. The van der Waals surface area contributed by atoms with Crippen LogP contribution in [0.1, 0.15) is 40.2 Å². The Labute approximate surface area is 121 Å². The number of halogens is 1. The minimum Gasteiger partial charge on any atom is -0.317 e. The van der Waals surface area contributed by atoms with Crippen molar-refractivity contribution in [3.63, 3.8) is 0 Å². The third kappa shape index (κ3) is 1.96. The van der Waals surface area contributed by atoms with E-state index in [1.807, 2.05) is 12.1 Å². The van der Waals surface area contributed by atoms with Crippen molar-refractivity contribution in [3.05, 3.63) is 51.3 Å². The quantitative estimate of drug-likeness (QED) is 0.765. The number of Topliss-reactive ketones (excluding diaryl/α,β-unsaturated/α-hetero) is 1. The lowest BCUT2D eigenvalue weighted by molar-refractivity contribution is 0.0972. The van der Waals surface area contributed by atoms with E-state index in [9.17, 15) is 4.79 Å². The summed E-state index contributed by atoms with van der Waals surface area (Å²) in [6.45, 7) is 4.18. The van der Waals surface area contributed by atoms with E-state index < -0.39 is 0 Å². The average Bonchev–Trinajstić information content (AvgIpc) is 2.71. The molecule has 0 aliphatic heterocycles. The van der Waals surface area contributed by atoms with E-state index in [-0.39, 0.29) is 5.78 Å². The molecule has 2 nitrogen and oxygen atoms in total. The Bertz CT molecular complexity index is 670. The highest BCUT2D eigenvalue weighted by Crippen LogP contribution is 2.31. The zero-order chi connectivity index (χ0) is 13.6. The third-order valence-corrected chi connectivity index (χ3v) is 4.74. The summed E-state index contributed by atoms with van der Waals surface area (Å²) in [6, 6.07) is 8.25. The molecule has 0 radical (unpaired) electrons. The molecule has 0 N–H and O–H groups in total. The van der Waals surface area contributed by atoms with Crippen molar-refractivity contribution in [2.24, 2.45) is 0 Å². The molecule has 0 atom stereocenters. The van der Waals surface area contributed by atoms with Crippen molar-refractivity contribution in [2.75, 3.05) is 0 Å². The van der Waals surface area contributed by atoms with Crippen molar-refractivity contribution < 1.29 is 4.79 Å². The van der Waals surface area contributed by atoms with E-state index in [2.05, 4.69) is 46.5 Å². The Kier molecular flexibility index (Phi) is 3.09. The third-order valence-electron chi connectivity index (χ3n) is 3.88. The Balaban J connectivity index is 2.26. The Morgan fingerprint density at radius 1 is 1.21 bits per heavy atom. The van der Waals surface area contributed by atoms with Crippen molar-refractivity contribution in [2.45, 2.75) is 33.1 Å². The number of carbonyl (C=O) groups excluding carboxylic acids is 1. The summed E-state index contributed by atoms with van der Waals surface area (Å²) in [7, 11) is 0. The van der Waals surface area contributed by atoms with Crippen LogP contribution in [0.25, 0.3) is 5.69 Å². The van der Waals surface area contributed by atoms with Gasteiger partial charge in [-0.3, -0.25) is 4.79 Å². The first-order valence-corrected chi connectivity index (χ1v) is 7.39. The summed E-state index contributed by atoms with van der Waals surface area (Å²) in [5.74, 6) is 0.288. The van der Waals surface area contributed by atoms with E-state index >= 15 is 0 Å². The highest BCUT2D eigenvalue weighted by molar-refractivity contribution is 9.10. The lowest BCUT2D eigenvalue weighted by atomic mass is 9.96. The molecule has 0 saturated carbocycles. The molecule has 0 spiro atoms. The fraction of sp³-hybridized carbons (Fsp3) is 0.312. The van der Waals surface area contributed by atoms with Gasteiger partial charge in [-0.15, -0.1) is 0 Å². The normalized spacial score (nSPS) is 14.6. The van der Waals surface area contributed by atoms with Gasteiger partial charge in [0, 0.05) is 33.5 Å². The van der Waals surface area contributed by atoms with Crippen LogP contribution in [0.4, 0.5) is 0 Å². The number of hydrogen-bond acceptors (Lipinski definition) is 1. The van der Waals surface area contributed by atoms with Gasteiger partial charge in [-0.1, -0.05) is 22.0 Å². The maximum atomic E-state index is 12.0. The molecule has 3 rings (SSSR count). The molecule has 1 aromatic heterocycles. The van der Waals surface area contributed by atoms with Crippen LogP contribution in [0.15, 0.2) is 28.7 Å². The first kappa shape index (κ1) is 12.7. The average molecular weight is 318 g/mol. The van der Waals surface area contributed by atoms with Gasteiger partial charge in [-0.05, 0) is 50.5 Å². The second kappa shape index (κ2) is 4.64. The maximum Gasteiger partial charge on any atom is 0.164 e. The lowest BCUT2D eigenvalue weighted by Gasteiger charge is -2.18. The molecule has 1 aromatic carbocycles. The molecule has 0 saturated heterocycles. The van der Waals surface area contributed by atoms with Gasteiger partial charge < -0.3 is 4.57 Å². The van der Waals surface area contributed by atoms with Crippen LogP contribution < -0.4 is 0 Å². The Morgan fingerprint density at radius 2 is 2.00 bits per heavy atom. The lowest BCUT2D eigenvalue weighted by Crippen LogP contribution is -2.13. The number of nitrogens with zero attached hydrogens (tertiary/aromatic N) is 1. The standard InChI is InChI=1S/C16H16BrNO/c1-10-9-12-15(7-4-8-16(12)19)18(10)14-6-3-5-13(17)11(14)2/h3,5-6,9H,4,7-8H2,1-2H3. The van der Waals surface area contributed by atoms with Crippen LogP contribution in [0, 0.1) is 13.8 Å². The first-order chi connectivity index (χ1) is 9.09. The van der Waals surface area contributed by atoms with Crippen LogP contribution >= 0.6 is 15.9 Å². The summed E-state index contributed by atoms with van der Waals surface area (Å²) in [5.41, 5.74) is 5.62. The van der Waals surface area contributed by atoms with E-state index in [1.165, 1.54) is 16.9 Å². The summed E-state index contributed by atoms with van der Waals surface area (Å²) in [5, 5.41) is 0. The van der Waals surface area contributed by atoms with Gasteiger partial charge in [0.05, 0.1) is 0 Å². The van der Waals surface area contributed by atoms with Gasteiger partial charge in [0.1, 0.15) is 0 Å². The predicted octanol–water partition coefficient (Wildman–Crippen LogP) is 4.38.